The van der Waals surface area contributed by atoms with Crippen molar-refractivity contribution in [1.29, 1.82) is 0 Å². The van der Waals surface area contributed by atoms with Crippen LogP contribution in [0.3, 0.4) is 0 Å². The van der Waals surface area contributed by atoms with Crippen molar-refractivity contribution in [2.24, 2.45) is 0 Å². The summed E-state index contributed by atoms with van der Waals surface area (Å²) in [5.74, 6) is 0.905. The largest absolute Gasteiger partial charge is 0.489 e. The van der Waals surface area contributed by atoms with E-state index in [1.54, 1.807) is 6.08 Å². The molecule has 1 aromatic carbocycles. The van der Waals surface area contributed by atoms with Gasteiger partial charge < -0.3 is 10.1 Å². The summed E-state index contributed by atoms with van der Waals surface area (Å²) in [6.45, 7) is 7.86. The zero-order valence-corrected chi connectivity index (χ0v) is 11.8. The predicted molar refractivity (Wildman–Crippen MR) is 81.7 cm³/mol. The first-order valence-electron chi connectivity index (χ1n) is 6.73. The first-order valence-corrected chi connectivity index (χ1v) is 6.73. The Balaban J connectivity index is 1.94. The lowest BCUT2D eigenvalue weighted by Gasteiger charge is -2.11. The van der Waals surface area contributed by atoms with Gasteiger partial charge >= 0.3 is 0 Å². The van der Waals surface area contributed by atoms with Gasteiger partial charge in [-0.15, -0.1) is 0 Å². The summed E-state index contributed by atoms with van der Waals surface area (Å²) in [4.78, 5) is 4.15. The maximum absolute atomic E-state index is 5.64. The Morgan fingerprint density at radius 1 is 1.20 bits per heavy atom. The standard InChI is InChI=1S/C17H20N2O/c1-3-10-20-17-7-5-4-6-15(17)11-19-13-16-12-18-9-8-14(16)2/h3-9,12,19H,1,10-11,13H2,2H3. The van der Waals surface area contributed by atoms with Gasteiger partial charge in [0.25, 0.3) is 0 Å². The van der Waals surface area contributed by atoms with Crippen molar-refractivity contribution in [3.8, 4) is 5.75 Å². The Morgan fingerprint density at radius 2 is 2.00 bits per heavy atom. The van der Waals surface area contributed by atoms with E-state index in [-0.39, 0.29) is 0 Å². The smallest absolute Gasteiger partial charge is 0.124 e. The lowest BCUT2D eigenvalue weighted by molar-refractivity contribution is 0.358. The van der Waals surface area contributed by atoms with Gasteiger partial charge in [0, 0.05) is 31.0 Å². The molecular weight excluding hydrogens is 248 g/mol. The van der Waals surface area contributed by atoms with E-state index in [1.807, 2.05) is 36.7 Å². The summed E-state index contributed by atoms with van der Waals surface area (Å²) in [7, 11) is 0. The van der Waals surface area contributed by atoms with Gasteiger partial charge in [0.2, 0.25) is 0 Å². The molecule has 0 unspecified atom stereocenters. The van der Waals surface area contributed by atoms with Crippen LogP contribution in [0.1, 0.15) is 16.7 Å². The Kier molecular flexibility index (Phi) is 5.33. The third-order valence-electron chi connectivity index (χ3n) is 3.11. The lowest BCUT2D eigenvalue weighted by Crippen LogP contribution is -2.14. The fraction of sp³-hybridized carbons (Fsp3) is 0.235. The van der Waals surface area contributed by atoms with Crippen molar-refractivity contribution < 1.29 is 4.74 Å². The number of hydrogen-bond donors (Lipinski definition) is 1. The molecule has 0 fully saturated rings. The molecule has 0 aliphatic rings. The molecule has 104 valence electrons. The first kappa shape index (κ1) is 14.3. The molecule has 0 saturated carbocycles. The van der Waals surface area contributed by atoms with Crippen molar-refractivity contribution in [3.63, 3.8) is 0 Å². The monoisotopic (exact) mass is 268 g/mol. The molecule has 0 radical (unpaired) electrons. The fourth-order valence-corrected chi connectivity index (χ4v) is 1.95. The van der Waals surface area contributed by atoms with E-state index >= 15 is 0 Å². The van der Waals surface area contributed by atoms with E-state index < -0.39 is 0 Å². The molecular formula is C17H20N2O. The highest BCUT2D eigenvalue weighted by Crippen LogP contribution is 2.18. The third kappa shape index (κ3) is 3.93. The number of nitrogens with zero attached hydrogens (tertiary/aromatic N) is 1. The molecule has 0 aliphatic carbocycles. The molecule has 3 heteroatoms. The SMILES string of the molecule is C=CCOc1ccccc1CNCc1cnccc1C. The maximum atomic E-state index is 5.64. The average molecular weight is 268 g/mol. The van der Waals surface area contributed by atoms with Crippen LogP contribution in [0.15, 0.2) is 55.4 Å². The second kappa shape index (κ2) is 7.46. The molecule has 20 heavy (non-hydrogen) atoms. The molecule has 1 heterocycles. The van der Waals surface area contributed by atoms with Crippen LogP contribution < -0.4 is 10.1 Å². The summed E-state index contributed by atoms with van der Waals surface area (Å²) in [5.41, 5.74) is 3.62. The summed E-state index contributed by atoms with van der Waals surface area (Å²) in [5, 5.41) is 3.43. The second-order valence-electron chi connectivity index (χ2n) is 4.61. The number of nitrogens with one attached hydrogen (secondary N) is 1. The van der Waals surface area contributed by atoms with Crippen LogP contribution in [0.4, 0.5) is 0 Å². The minimum absolute atomic E-state index is 0.527. The average Bonchev–Trinajstić information content (AvgIpc) is 2.48. The van der Waals surface area contributed by atoms with Crippen LogP contribution >= 0.6 is 0 Å². The Labute approximate surface area is 120 Å². The van der Waals surface area contributed by atoms with E-state index in [0.29, 0.717) is 6.61 Å². The van der Waals surface area contributed by atoms with Crippen LogP contribution in [-0.2, 0) is 13.1 Å². The summed E-state index contributed by atoms with van der Waals surface area (Å²) < 4.78 is 5.64. The van der Waals surface area contributed by atoms with Crippen molar-refractivity contribution in [2.75, 3.05) is 6.61 Å². The van der Waals surface area contributed by atoms with Crippen LogP contribution in [0.2, 0.25) is 0 Å². The Hall–Kier alpha value is -2.13. The van der Waals surface area contributed by atoms with Crippen molar-refractivity contribution >= 4 is 0 Å². The zero-order chi connectivity index (χ0) is 14.2. The van der Waals surface area contributed by atoms with Gasteiger partial charge in [0.1, 0.15) is 12.4 Å². The van der Waals surface area contributed by atoms with Crippen LogP contribution in [-0.4, -0.2) is 11.6 Å². The molecule has 2 rings (SSSR count). The zero-order valence-electron chi connectivity index (χ0n) is 11.8. The van der Waals surface area contributed by atoms with Gasteiger partial charge in [-0.05, 0) is 30.2 Å². The molecule has 1 aromatic heterocycles. The second-order valence-corrected chi connectivity index (χ2v) is 4.61. The molecule has 2 aromatic rings. The number of aryl methyl sites for hydroxylation is 1. The van der Waals surface area contributed by atoms with E-state index in [4.69, 9.17) is 4.74 Å². The molecule has 0 spiro atoms. The molecule has 3 nitrogen and oxygen atoms in total. The van der Waals surface area contributed by atoms with Gasteiger partial charge in [0.05, 0.1) is 0 Å². The topological polar surface area (TPSA) is 34.1 Å². The van der Waals surface area contributed by atoms with E-state index in [2.05, 4.69) is 29.9 Å². The molecule has 0 atom stereocenters. The maximum Gasteiger partial charge on any atom is 0.124 e. The van der Waals surface area contributed by atoms with Gasteiger partial charge in [-0.3, -0.25) is 4.98 Å². The minimum atomic E-state index is 0.527. The predicted octanol–water partition coefficient (Wildman–Crippen LogP) is 3.24. The van der Waals surface area contributed by atoms with E-state index in [0.717, 1.165) is 24.4 Å². The number of benzene rings is 1. The number of para-hydroxylation sites is 1. The van der Waals surface area contributed by atoms with Gasteiger partial charge in [-0.1, -0.05) is 30.9 Å². The van der Waals surface area contributed by atoms with E-state index in [9.17, 15) is 0 Å². The number of hydrogen-bond acceptors (Lipinski definition) is 3. The van der Waals surface area contributed by atoms with E-state index in [1.165, 1.54) is 11.1 Å². The lowest BCUT2D eigenvalue weighted by atomic mass is 10.1. The van der Waals surface area contributed by atoms with Crippen LogP contribution in [0.5, 0.6) is 5.75 Å². The third-order valence-corrected chi connectivity index (χ3v) is 3.11. The number of rotatable bonds is 7. The number of aromatic nitrogens is 1. The number of pyridine rings is 1. The molecule has 0 bridgehead atoms. The minimum Gasteiger partial charge on any atom is -0.489 e. The molecule has 0 saturated heterocycles. The van der Waals surface area contributed by atoms with Crippen molar-refractivity contribution in [2.45, 2.75) is 20.0 Å². The normalized spacial score (nSPS) is 10.2. The van der Waals surface area contributed by atoms with Gasteiger partial charge in [-0.25, -0.2) is 0 Å². The Morgan fingerprint density at radius 3 is 2.80 bits per heavy atom. The van der Waals surface area contributed by atoms with Crippen LogP contribution in [0, 0.1) is 6.92 Å². The highest BCUT2D eigenvalue weighted by molar-refractivity contribution is 5.33. The summed E-state index contributed by atoms with van der Waals surface area (Å²) in [6, 6.07) is 10.1. The fourth-order valence-electron chi connectivity index (χ4n) is 1.95. The highest BCUT2D eigenvalue weighted by atomic mass is 16.5. The number of ether oxygens (including phenoxy) is 1. The van der Waals surface area contributed by atoms with Crippen molar-refractivity contribution in [1.82, 2.24) is 10.3 Å². The highest BCUT2D eigenvalue weighted by Gasteiger charge is 2.03. The first-order chi connectivity index (χ1) is 9.81. The van der Waals surface area contributed by atoms with Crippen LogP contribution in [0.25, 0.3) is 0 Å². The Bertz CT molecular complexity index is 566. The van der Waals surface area contributed by atoms with Crippen molar-refractivity contribution in [3.05, 3.63) is 72.1 Å². The van der Waals surface area contributed by atoms with Gasteiger partial charge in [0.15, 0.2) is 0 Å². The molecule has 0 amide bonds. The molecule has 1 N–H and O–H groups in total. The summed E-state index contributed by atoms with van der Waals surface area (Å²) >= 11 is 0. The quantitative estimate of drug-likeness (QED) is 0.783. The van der Waals surface area contributed by atoms with Gasteiger partial charge in [-0.2, -0.15) is 0 Å². The summed E-state index contributed by atoms with van der Waals surface area (Å²) in [6.07, 6.45) is 5.48. The molecule has 0 aliphatic heterocycles.